The number of hydrogen-bond acceptors (Lipinski definition) is 6. The van der Waals surface area contributed by atoms with Crippen molar-refractivity contribution in [1.29, 1.82) is 0 Å². The normalized spacial score (nSPS) is 18.8. The molecule has 0 atom stereocenters. The van der Waals surface area contributed by atoms with Crippen molar-refractivity contribution in [2.24, 2.45) is 0 Å². The second-order valence-electron chi connectivity index (χ2n) is 7.66. The van der Waals surface area contributed by atoms with Crippen LogP contribution in [0.2, 0.25) is 0 Å². The fraction of sp³-hybridized carbons (Fsp3) is 0.500. The molecular formula is C18H23N3O6S. The molecule has 1 aromatic carbocycles. The summed E-state index contributed by atoms with van der Waals surface area (Å²) in [6.45, 7) is 5.81. The number of piperazine rings is 1. The number of amides is 3. The maximum atomic E-state index is 12.6. The highest BCUT2D eigenvalue weighted by Crippen LogP contribution is 2.29. The van der Waals surface area contributed by atoms with E-state index >= 15 is 0 Å². The second kappa shape index (κ2) is 7.08. The Morgan fingerprint density at radius 3 is 2.18 bits per heavy atom. The molecule has 0 saturated carbocycles. The summed E-state index contributed by atoms with van der Waals surface area (Å²) in [4.78, 5) is 40.0. The highest BCUT2D eigenvalue weighted by atomic mass is 32.2. The Balaban J connectivity index is 1.62. The predicted molar refractivity (Wildman–Crippen MR) is 99.1 cm³/mol. The number of ether oxygens (including phenoxy) is 1. The first-order valence-corrected chi connectivity index (χ1v) is 10.4. The molecule has 0 aliphatic carbocycles. The van der Waals surface area contributed by atoms with Gasteiger partial charge in [0, 0.05) is 26.2 Å². The molecule has 0 unspecified atom stereocenters. The van der Waals surface area contributed by atoms with Crippen LogP contribution in [-0.4, -0.2) is 78.8 Å². The zero-order valence-corrected chi connectivity index (χ0v) is 16.9. The number of sulfonamides is 1. The molecular weight excluding hydrogens is 386 g/mol. The van der Waals surface area contributed by atoms with Gasteiger partial charge in [0.2, 0.25) is 5.91 Å². The van der Waals surface area contributed by atoms with Crippen LogP contribution >= 0.6 is 0 Å². The summed E-state index contributed by atoms with van der Waals surface area (Å²) in [6.07, 6.45) is -0.452. The summed E-state index contributed by atoms with van der Waals surface area (Å²) < 4.78 is 31.0. The maximum Gasteiger partial charge on any atom is 0.410 e. The van der Waals surface area contributed by atoms with Gasteiger partial charge in [-0.15, -0.1) is 0 Å². The summed E-state index contributed by atoms with van der Waals surface area (Å²) in [5, 5.41) is 0. The van der Waals surface area contributed by atoms with E-state index in [4.69, 9.17) is 4.74 Å². The molecule has 9 nitrogen and oxygen atoms in total. The van der Waals surface area contributed by atoms with Crippen LogP contribution in [0.1, 0.15) is 31.1 Å². The summed E-state index contributed by atoms with van der Waals surface area (Å²) in [7, 11) is -4.02. The van der Waals surface area contributed by atoms with Gasteiger partial charge in [-0.2, -0.15) is 0 Å². The minimum Gasteiger partial charge on any atom is -0.444 e. The maximum absolute atomic E-state index is 12.6. The molecule has 3 rings (SSSR count). The Morgan fingerprint density at radius 2 is 1.61 bits per heavy atom. The lowest BCUT2D eigenvalue weighted by molar-refractivity contribution is -0.132. The smallest absolute Gasteiger partial charge is 0.410 e. The van der Waals surface area contributed by atoms with E-state index in [1.165, 1.54) is 28.0 Å². The van der Waals surface area contributed by atoms with E-state index in [2.05, 4.69) is 0 Å². The molecule has 3 amide bonds. The van der Waals surface area contributed by atoms with Gasteiger partial charge in [0.05, 0.1) is 5.56 Å². The third-order valence-corrected chi connectivity index (χ3v) is 6.26. The van der Waals surface area contributed by atoms with Gasteiger partial charge < -0.3 is 14.5 Å². The SMILES string of the molecule is CC(C)(C)OC(=O)N1CCN(C(=O)CN2C(=O)c3ccccc3S2(=O)=O)CC1. The first-order valence-electron chi connectivity index (χ1n) is 8.92. The highest BCUT2D eigenvalue weighted by Gasteiger charge is 2.42. The molecule has 0 radical (unpaired) electrons. The Hall–Kier alpha value is -2.62. The highest BCUT2D eigenvalue weighted by molar-refractivity contribution is 7.90. The average molecular weight is 409 g/mol. The van der Waals surface area contributed by atoms with Crippen LogP contribution in [0.4, 0.5) is 4.79 Å². The number of fused-ring (bicyclic) bond motifs is 1. The topological polar surface area (TPSA) is 104 Å². The monoisotopic (exact) mass is 409 g/mol. The fourth-order valence-corrected chi connectivity index (χ4v) is 4.59. The van der Waals surface area contributed by atoms with Crippen LogP contribution in [0.25, 0.3) is 0 Å². The molecule has 0 bridgehead atoms. The molecule has 2 aliphatic heterocycles. The Kier molecular flexibility index (Phi) is 5.09. The van der Waals surface area contributed by atoms with Crippen molar-refractivity contribution in [1.82, 2.24) is 14.1 Å². The van der Waals surface area contributed by atoms with Crippen molar-refractivity contribution in [3.05, 3.63) is 29.8 Å². The van der Waals surface area contributed by atoms with Gasteiger partial charge >= 0.3 is 6.09 Å². The number of carbonyl (C=O) groups excluding carboxylic acids is 3. The quantitative estimate of drug-likeness (QED) is 0.719. The molecule has 10 heteroatoms. The van der Waals surface area contributed by atoms with E-state index in [0.717, 1.165) is 0 Å². The summed E-state index contributed by atoms with van der Waals surface area (Å²) in [5.41, 5.74) is -0.534. The van der Waals surface area contributed by atoms with Gasteiger partial charge in [-0.05, 0) is 32.9 Å². The van der Waals surface area contributed by atoms with Crippen LogP contribution in [0, 0.1) is 0 Å². The van der Waals surface area contributed by atoms with Gasteiger partial charge in [0.25, 0.3) is 15.9 Å². The van der Waals surface area contributed by atoms with Gasteiger partial charge in [-0.1, -0.05) is 12.1 Å². The van der Waals surface area contributed by atoms with E-state index < -0.39 is 40.1 Å². The van der Waals surface area contributed by atoms with Crippen LogP contribution in [-0.2, 0) is 19.6 Å². The predicted octanol–water partition coefficient (Wildman–Crippen LogP) is 0.910. The lowest BCUT2D eigenvalue weighted by atomic mass is 10.2. The second-order valence-corrected chi connectivity index (χ2v) is 9.49. The van der Waals surface area contributed by atoms with Gasteiger partial charge in [-0.3, -0.25) is 9.59 Å². The zero-order valence-electron chi connectivity index (χ0n) is 16.0. The van der Waals surface area contributed by atoms with Crippen molar-refractivity contribution in [2.45, 2.75) is 31.3 Å². The van der Waals surface area contributed by atoms with Gasteiger partial charge in [0.1, 0.15) is 17.0 Å². The molecule has 2 aliphatic rings. The van der Waals surface area contributed by atoms with Crippen molar-refractivity contribution in [3.8, 4) is 0 Å². The lowest BCUT2D eigenvalue weighted by Gasteiger charge is -2.36. The molecule has 1 fully saturated rings. The minimum atomic E-state index is -4.02. The molecule has 0 N–H and O–H groups in total. The molecule has 1 aromatic rings. The number of nitrogens with zero attached hydrogens (tertiary/aromatic N) is 3. The van der Waals surface area contributed by atoms with Crippen molar-refractivity contribution < 1.29 is 27.5 Å². The minimum absolute atomic E-state index is 0.0741. The Morgan fingerprint density at radius 1 is 1.04 bits per heavy atom. The lowest BCUT2D eigenvalue weighted by Crippen LogP contribution is -2.53. The van der Waals surface area contributed by atoms with Gasteiger partial charge in [-0.25, -0.2) is 17.5 Å². The van der Waals surface area contributed by atoms with Crippen LogP contribution < -0.4 is 0 Å². The zero-order chi connectivity index (χ0) is 20.7. The number of hydrogen-bond donors (Lipinski definition) is 0. The van der Waals surface area contributed by atoms with Crippen LogP contribution in [0.15, 0.2) is 29.2 Å². The molecule has 1 saturated heterocycles. The number of benzene rings is 1. The van der Waals surface area contributed by atoms with Crippen LogP contribution in [0.5, 0.6) is 0 Å². The summed E-state index contributed by atoms with van der Waals surface area (Å²) in [6, 6.07) is 5.89. The average Bonchev–Trinajstić information content (AvgIpc) is 2.81. The van der Waals surface area contributed by atoms with Crippen molar-refractivity contribution >= 4 is 27.9 Å². The first-order chi connectivity index (χ1) is 13.0. The van der Waals surface area contributed by atoms with Crippen LogP contribution in [0.3, 0.4) is 0 Å². The van der Waals surface area contributed by atoms with E-state index in [-0.39, 0.29) is 36.6 Å². The van der Waals surface area contributed by atoms with Crippen molar-refractivity contribution in [3.63, 3.8) is 0 Å². The number of rotatable bonds is 2. The standard InChI is InChI=1S/C18H23N3O6S/c1-18(2,3)27-17(24)20-10-8-19(9-11-20)15(22)12-21-16(23)13-6-4-5-7-14(13)28(21,25)26/h4-7H,8-12H2,1-3H3. The van der Waals surface area contributed by atoms with E-state index in [1.54, 1.807) is 26.8 Å². The number of carbonyl (C=O) groups is 3. The third kappa shape index (κ3) is 3.82. The Labute approximate surface area is 163 Å². The molecule has 0 spiro atoms. The summed E-state index contributed by atoms with van der Waals surface area (Å²) in [5.74, 6) is -1.18. The Bertz CT molecular complexity index is 913. The molecule has 28 heavy (non-hydrogen) atoms. The molecule has 152 valence electrons. The molecule has 2 heterocycles. The summed E-state index contributed by atoms with van der Waals surface area (Å²) >= 11 is 0. The fourth-order valence-electron chi connectivity index (χ4n) is 3.08. The first kappa shape index (κ1) is 20.1. The van der Waals surface area contributed by atoms with Gasteiger partial charge in [0.15, 0.2) is 0 Å². The third-order valence-electron chi connectivity index (χ3n) is 4.47. The van der Waals surface area contributed by atoms with Crippen molar-refractivity contribution in [2.75, 3.05) is 32.7 Å². The van der Waals surface area contributed by atoms with E-state index in [1.807, 2.05) is 0 Å². The van der Waals surface area contributed by atoms with E-state index in [0.29, 0.717) is 4.31 Å². The largest absolute Gasteiger partial charge is 0.444 e. The molecule has 0 aromatic heterocycles. The van der Waals surface area contributed by atoms with E-state index in [9.17, 15) is 22.8 Å².